The van der Waals surface area contributed by atoms with Crippen LogP contribution in [0.4, 0.5) is 10.2 Å². The molecule has 12 atom stereocenters. The molecule has 2 aromatic heterocycles. The first kappa shape index (κ1) is 43.9. The van der Waals surface area contributed by atoms with Crippen molar-refractivity contribution in [2.24, 2.45) is 0 Å². The first-order valence-corrected chi connectivity index (χ1v) is 19.8. The van der Waals surface area contributed by atoms with E-state index in [1.165, 1.54) is 0 Å². The maximum absolute atomic E-state index is 15.2. The van der Waals surface area contributed by atoms with Crippen LogP contribution in [-0.4, -0.2) is 133 Å². The fourth-order valence-electron chi connectivity index (χ4n) is 5.40. The predicted molar refractivity (Wildman–Crippen MR) is 177 cm³/mol. The first-order chi connectivity index (χ1) is 25.6. The van der Waals surface area contributed by atoms with E-state index >= 15 is 4.39 Å². The second-order valence-corrected chi connectivity index (χ2v) is 16.0. The van der Waals surface area contributed by atoms with Crippen molar-refractivity contribution >= 4 is 73.2 Å². The van der Waals surface area contributed by atoms with Crippen LogP contribution in [0.15, 0.2) is 12.7 Å². The molecule has 0 aliphatic carbocycles. The van der Waals surface area contributed by atoms with E-state index in [1.54, 1.807) is 0 Å². The Morgan fingerprint density at radius 2 is 1.56 bits per heavy atom. The van der Waals surface area contributed by atoms with Crippen molar-refractivity contribution in [1.82, 2.24) is 19.5 Å². The highest BCUT2D eigenvalue weighted by Gasteiger charge is 2.57. The van der Waals surface area contributed by atoms with E-state index in [4.69, 9.17) is 64.1 Å². The van der Waals surface area contributed by atoms with Crippen molar-refractivity contribution < 1.29 is 94.3 Å². The topological polar surface area (TPSA) is 325 Å². The lowest BCUT2D eigenvalue weighted by atomic mass is 9.94. The predicted octanol–water partition coefficient (Wildman–Crippen LogP) is -0.613. The van der Waals surface area contributed by atoms with Crippen LogP contribution < -0.4 is 5.73 Å². The average molecular weight is 848 g/mol. The summed E-state index contributed by atoms with van der Waals surface area (Å²) in [6, 6.07) is 0. The molecule has 2 aliphatic heterocycles. The molecule has 5 N–H and O–H groups in total. The highest BCUT2D eigenvalue weighted by atomic mass is 32.5. The molecule has 2 aromatic rings. The van der Waals surface area contributed by atoms with Crippen molar-refractivity contribution in [3.05, 3.63) is 12.7 Å². The van der Waals surface area contributed by atoms with E-state index < -0.39 is 119 Å². The number of aliphatic hydroxyl groups is 1. The van der Waals surface area contributed by atoms with Crippen molar-refractivity contribution in [1.29, 1.82) is 0 Å². The van der Waals surface area contributed by atoms with Crippen LogP contribution in [0.3, 0.4) is 0 Å². The van der Waals surface area contributed by atoms with Gasteiger partial charge >= 0.3 is 44.4 Å². The van der Waals surface area contributed by atoms with Crippen LogP contribution in [0.25, 0.3) is 11.2 Å². The molecule has 0 radical (unpaired) electrons. The summed E-state index contributed by atoms with van der Waals surface area (Å²) in [5, 5.41) is 10.6. The van der Waals surface area contributed by atoms with Gasteiger partial charge in [0.25, 0.3) is 0 Å². The lowest BCUT2D eigenvalue weighted by Crippen LogP contribution is -2.65. The van der Waals surface area contributed by atoms with Gasteiger partial charge in [-0.2, -0.15) is 0 Å². The first-order valence-electron chi connectivity index (χ1n) is 15.7. The van der Waals surface area contributed by atoms with Crippen LogP contribution in [0.1, 0.15) is 40.8 Å². The van der Waals surface area contributed by atoms with Gasteiger partial charge in [0.2, 0.25) is 6.29 Å². The Bertz CT molecular complexity index is 1870. The number of phosphoric ester groups is 1. The van der Waals surface area contributed by atoms with Crippen molar-refractivity contribution in [3.63, 3.8) is 0 Å². The Morgan fingerprint density at radius 3 is 2.16 bits per heavy atom. The molecule has 2 unspecified atom stereocenters. The van der Waals surface area contributed by atoms with Crippen molar-refractivity contribution in [2.75, 3.05) is 18.9 Å². The summed E-state index contributed by atoms with van der Waals surface area (Å²) in [6.07, 6.45) is -16.7. The Labute approximate surface area is 314 Å². The van der Waals surface area contributed by atoms with Gasteiger partial charge in [-0.3, -0.25) is 33.1 Å². The summed E-state index contributed by atoms with van der Waals surface area (Å²) < 4.78 is 81.6. The second kappa shape index (κ2) is 18.0. The Balaban J connectivity index is 1.57. The summed E-state index contributed by atoms with van der Waals surface area (Å²) >= 11 is 4.83. The molecule has 2 saturated heterocycles. The molecule has 4 rings (SSSR count). The van der Waals surface area contributed by atoms with Crippen LogP contribution in [-0.2, 0) is 86.9 Å². The molecule has 28 heteroatoms. The van der Waals surface area contributed by atoms with E-state index in [2.05, 4.69) is 15.0 Å². The number of imidazole rings is 1. The van der Waals surface area contributed by atoms with E-state index in [0.29, 0.717) is 0 Å². The largest absolute Gasteiger partial charge is 0.481 e. The molecule has 0 spiro atoms. The van der Waals surface area contributed by atoms with Gasteiger partial charge < -0.3 is 58.3 Å². The smallest absolute Gasteiger partial charge is 0.462 e. The zero-order chi connectivity index (χ0) is 41.0. The number of nitrogens with two attached hydrogens (primary N) is 1. The average Bonchev–Trinajstić information content (AvgIpc) is 3.60. The molecule has 0 amide bonds. The number of fused-ring (bicyclic) bond motifs is 1. The lowest BCUT2D eigenvalue weighted by Gasteiger charge is -2.45. The molecule has 306 valence electrons. The van der Waals surface area contributed by atoms with Crippen molar-refractivity contribution in [3.8, 4) is 0 Å². The zero-order valence-electron chi connectivity index (χ0n) is 29.3. The number of carbonyl (C=O) groups is 5. The van der Waals surface area contributed by atoms with Crippen LogP contribution in [0.5, 0.6) is 0 Å². The molecule has 0 bridgehead atoms. The number of aromatic nitrogens is 4. The van der Waals surface area contributed by atoms with Gasteiger partial charge in [-0.05, 0) is 11.8 Å². The van der Waals surface area contributed by atoms with Gasteiger partial charge in [-0.25, -0.2) is 28.2 Å². The van der Waals surface area contributed by atoms with Crippen LogP contribution in [0, 0.1) is 0 Å². The highest BCUT2D eigenvalue weighted by Crippen LogP contribution is 2.62. The summed E-state index contributed by atoms with van der Waals surface area (Å²) in [5.74, 6) is -5.08. The highest BCUT2D eigenvalue weighted by molar-refractivity contribution is 8.08. The molecule has 4 heterocycles. The molecule has 55 heavy (non-hydrogen) atoms. The molecule has 24 nitrogen and oxygen atoms in total. The van der Waals surface area contributed by atoms with Gasteiger partial charge in [0.15, 0.2) is 48.3 Å². The zero-order valence-corrected chi connectivity index (χ0v) is 31.9. The quantitative estimate of drug-likeness (QED) is 0.0986. The standard InChI is InChI=1S/C27H36FN5O19P2S/c1-10(34)43-6-16(45-11(2)35)20-21(46-12(3)36)22(47-13(4)37)23(48-14(5)38)27(50-20)51-53(40,41)52-54(42,55)44-7-15-17(28)19(39)26(49-15)33-9-32-18-24(29)30-8-31-25(18)33/h8-9,15-17,19-23,26-27,39H,6-7H2,1-5H3,(H,40,41)(H,42,55)(H2,29,30,31)/t15-,16-,17-,19-,20-,21-,22+,23+,26-,27+,54?/m1/s1. The van der Waals surface area contributed by atoms with E-state index in [0.717, 1.165) is 51.8 Å². The third-order valence-corrected chi connectivity index (χ3v) is 10.9. The monoisotopic (exact) mass is 847 g/mol. The van der Waals surface area contributed by atoms with Gasteiger partial charge in [0.1, 0.15) is 36.8 Å². The Hall–Kier alpha value is -3.81. The summed E-state index contributed by atoms with van der Waals surface area (Å²) in [4.78, 5) is 93.5. The van der Waals surface area contributed by atoms with Gasteiger partial charge in [0.05, 0.1) is 12.9 Å². The fraction of sp³-hybridized carbons (Fsp3) is 0.630. The molecular weight excluding hydrogens is 811 g/mol. The minimum absolute atomic E-state index is 0.00710. The number of nitrogens with zero attached hydrogens (tertiary/aromatic N) is 4. The van der Waals surface area contributed by atoms with Crippen LogP contribution >= 0.6 is 14.5 Å². The second-order valence-electron chi connectivity index (χ2n) is 11.6. The number of phosphoric acid groups is 1. The molecule has 2 aliphatic rings. The third-order valence-electron chi connectivity index (χ3n) is 7.37. The molecule has 2 fully saturated rings. The minimum atomic E-state index is -5.77. The number of esters is 5. The minimum Gasteiger partial charge on any atom is -0.462 e. The maximum Gasteiger partial charge on any atom is 0.481 e. The van der Waals surface area contributed by atoms with E-state index in [-0.39, 0.29) is 17.0 Å². The number of aliphatic hydroxyl groups excluding tert-OH is 1. The number of hydrogen-bond donors (Lipinski definition) is 4. The number of carbonyl (C=O) groups excluding carboxylic acids is 5. The van der Waals surface area contributed by atoms with Crippen LogP contribution in [0.2, 0.25) is 0 Å². The number of anilines is 1. The number of ether oxygens (including phenoxy) is 7. The number of hydrogen-bond acceptors (Lipinski definition) is 22. The van der Waals surface area contributed by atoms with Crippen molar-refractivity contribution in [2.45, 2.75) is 96.0 Å². The SMILES string of the molecule is CC(=O)OC[C@@H](OC(C)=O)[C@H]1O[C@@H](OP(=O)(O)OP(O)(=S)OC[C@H]2O[C@@H](n3cnc4c(N)ncnc43)[C@H](O)[C@@H]2F)[C@@H](OC(C)=O)[C@@H](OC(C)=O)[C@@H]1OC(C)=O. The van der Waals surface area contributed by atoms with Gasteiger partial charge in [-0.15, -0.1) is 0 Å². The van der Waals surface area contributed by atoms with Gasteiger partial charge in [-0.1, -0.05) is 0 Å². The normalized spacial score (nSPS) is 29.3. The number of rotatable bonds is 15. The number of nitrogen functional groups attached to an aromatic ring is 1. The molecular formula is C27H36FN5O19P2S. The molecule has 0 saturated carbocycles. The third kappa shape index (κ3) is 11.4. The number of alkyl halides is 1. The fourth-order valence-corrected chi connectivity index (χ4v) is 8.49. The lowest BCUT2D eigenvalue weighted by molar-refractivity contribution is -0.301. The summed E-state index contributed by atoms with van der Waals surface area (Å²) in [7, 11) is -5.77. The molecule has 0 aromatic carbocycles. The summed E-state index contributed by atoms with van der Waals surface area (Å²) in [5.41, 5.74) is 5.98. The summed E-state index contributed by atoms with van der Waals surface area (Å²) in [6.45, 7) is -2.03. The number of halogens is 1. The maximum atomic E-state index is 15.2. The van der Waals surface area contributed by atoms with E-state index in [9.17, 15) is 43.4 Å². The van der Waals surface area contributed by atoms with E-state index in [1.807, 2.05) is 0 Å². The Morgan fingerprint density at radius 1 is 0.945 bits per heavy atom. The Kier molecular flexibility index (Phi) is 14.4. The van der Waals surface area contributed by atoms with Gasteiger partial charge in [0, 0.05) is 34.6 Å².